The van der Waals surface area contributed by atoms with E-state index in [1.807, 2.05) is 0 Å². The van der Waals surface area contributed by atoms with Crippen LogP contribution in [0.15, 0.2) is 12.7 Å². The van der Waals surface area contributed by atoms with Crippen molar-refractivity contribution >= 4 is 11.6 Å². The maximum Gasteiger partial charge on any atom is 0.322 e. The monoisotopic (exact) mass is 262 g/mol. The fourth-order valence-electron chi connectivity index (χ4n) is 0.938. The van der Waals surface area contributed by atoms with Crippen molar-refractivity contribution in [3.63, 3.8) is 0 Å². The van der Waals surface area contributed by atoms with Crippen molar-refractivity contribution in [3.8, 4) is 12.0 Å². The van der Waals surface area contributed by atoms with E-state index in [9.17, 15) is 8.78 Å². The zero-order valence-electron chi connectivity index (χ0n) is 8.16. The second kappa shape index (κ2) is 4.95. The van der Waals surface area contributed by atoms with E-state index in [1.54, 1.807) is 0 Å². The summed E-state index contributed by atoms with van der Waals surface area (Å²) in [5.41, 5.74) is 0. The van der Waals surface area contributed by atoms with Crippen molar-refractivity contribution in [2.24, 2.45) is 0 Å². The van der Waals surface area contributed by atoms with E-state index < -0.39 is 13.0 Å². The summed E-state index contributed by atoms with van der Waals surface area (Å²) in [6, 6.07) is -0.296. The Labute approximate surface area is 98.5 Å². The lowest BCUT2D eigenvalue weighted by Crippen LogP contribution is -2.11. The molecule has 0 atom stereocenters. The Morgan fingerprint density at radius 1 is 1.35 bits per heavy atom. The van der Waals surface area contributed by atoms with Crippen LogP contribution in [0.1, 0.15) is 0 Å². The van der Waals surface area contributed by atoms with Gasteiger partial charge in [-0.1, -0.05) is 0 Å². The minimum atomic E-state index is -2.62. The first-order chi connectivity index (χ1) is 8.15. The van der Waals surface area contributed by atoms with E-state index >= 15 is 0 Å². The lowest BCUT2D eigenvalue weighted by atomic mass is 10.8. The van der Waals surface area contributed by atoms with Gasteiger partial charge < -0.3 is 4.74 Å². The molecule has 0 aliphatic carbocycles. The molecular weight excluding hydrogens is 258 g/mol. The maximum absolute atomic E-state index is 11.9. The lowest BCUT2D eigenvalue weighted by Gasteiger charge is -2.04. The molecule has 0 spiro atoms. The van der Waals surface area contributed by atoms with Crippen molar-refractivity contribution in [2.45, 2.75) is 6.43 Å². The molecule has 0 aliphatic heterocycles. The van der Waals surface area contributed by atoms with Gasteiger partial charge in [-0.2, -0.15) is 24.7 Å². The van der Waals surface area contributed by atoms with Crippen LogP contribution in [-0.2, 0) is 0 Å². The first-order valence-corrected chi connectivity index (χ1v) is 4.70. The number of rotatable bonds is 4. The fourth-order valence-corrected chi connectivity index (χ4v) is 1.09. The summed E-state index contributed by atoms with van der Waals surface area (Å²) >= 11 is 5.59. The standard InChI is InChI=1S/C7H5ClF2N6O/c8-5-13-6(16-3-11-2-12-16)15-7(14-5)17-1-4(9)10/h2-4H,1H2. The molecule has 0 saturated carbocycles. The van der Waals surface area contributed by atoms with Gasteiger partial charge in [-0.25, -0.2) is 13.8 Å². The van der Waals surface area contributed by atoms with Crippen molar-refractivity contribution < 1.29 is 13.5 Å². The Morgan fingerprint density at radius 3 is 2.82 bits per heavy atom. The predicted molar refractivity (Wildman–Crippen MR) is 51.3 cm³/mol. The molecule has 10 heteroatoms. The van der Waals surface area contributed by atoms with Gasteiger partial charge in [-0.15, -0.1) is 0 Å². The fraction of sp³-hybridized carbons (Fsp3) is 0.286. The van der Waals surface area contributed by atoms with Crippen LogP contribution in [0.25, 0.3) is 5.95 Å². The van der Waals surface area contributed by atoms with Crippen molar-refractivity contribution in [1.82, 2.24) is 29.7 Å². The zero-order chi connectivity index (χ0) is 12.3. The molecule has 0 aliphatic rings. The summed E-state index contributed by atoms with van der Waals surface area (Å²) in [5.74, 6) is 0.0340. The van der Waals surface area contributed by atoms with Crippen LogP contribution in [0.5, 0.6) is 6.01 Å². The molecule has 17 heavy (non-hydrogen) atoms. The SMILES string of the molecule is FC(F)COc1nc(Cl)nc(-n2cncn2)n1. The molecular formula is C7H5ClF2N6O. The molecule has 0 aromatic carbocycles. The topological polar surface area (TPSA) is 78.6 Å². The average Bonchev–Trinajstić information content (AvgIpc) is 2.79. The van der Waals surface area contributed by atoms with Gasteiger partial charge in [0.05, 0.1) is 0 Å². The molecule has 0 bridgehead atoms. The number of hydrogen-bond acceptors (Lipinski definition) is 6. The third kappa shape index (κ3) is 3.03. The number of hydrogen-bond donors (Lipinski definition) is 0. The van der Waals surface area contributed by atoms with Crippen molar-refractivity contribution in [3.05, 3.63) is 17.9 Å². The van der Waals surface area contributed by atoms with Gasteiger partial charge in [0.1, 0.15) is 12.7 Å². The third-order valence-electron chi connectivity index (χ3n) is 1.54. The summed E-state index contributed by atoms with van der Waals surface area (Å²) in [4.78, 5) is 14.7. The van der Waals surface area contributed by atoms with E-state index in [-0.39, 0.29) is 17.2 Å². The lowest BCUT2D eigenvalue weighted by molar-refractivity contribution is 0.0768. The zero-order valence-corrected chi connectivity index (χ0v) is 8.92. The van der Waals surface area contributed by atoms with Gasteiger partial charge in [0, 0.05) is 0 Å². The number of aromatic nitrogens is 6. The Morgan fingerprint density at radius 2 is 2.18 bits per heavy atom. The summed E-state index contributed by atoms with van der Waals surface area (Å²) in [5, 5.41) is 3.57. The molecule has 2 aromatic rings. The largest absolute Gasteiger partial charge is 0.457 e. The molecule has 2 heterocycles. The van der Waals surface area contributed by atoms with Gasteiger partial charge in [0.2, 0.25) is 5.28 Å². The highest BCUT2D eigenvalue weighted by molar-refractivity contribution is 6.28. The highest BCUT2D eigenvalue weighted by Crippen LogP contribution is 2.10. The van der Waals surface area contributed by atoms with Crippen LogP contribution in [0.3, 0.4) is 0 Å². The Balaban J connectivity index is 2.24. The normalized spacial score (nSPS) is 10.8. The van der Waals surface area contributed by atoms with Crippen LogP contribution in [0.4, 0.5) is 8.78 Å². The minimum Gasteiger partial charge on any atom is -0.457 e. The Bertz CT molecular complexity index is 493. The van der Waals surface area contributed by atoms with Crippen LogP contribution < -0.4 is 4.74 Å². The molecule has 2 rings (SSSR count). The van der Waals surface area contributed by atoms with E-state index in [0.717, 1.165) is 0 Å². The summed E-state index contributed by atoms with van der Waals surface area (Å²) in [7, 11) is 0. The molecule has 7 nitrogen and oxygen atoms in total. The summed E-state index contributed by atoms with van der Waals surface area (Å²) in [6.45, 7) is -0.822. The number of alkyl halides is 2. The summed E-state index contributed by atoms with van der Waals surface area (Å²) in [6.07, 6.45) is -0.0414. The Kier molecular flexibility index (Phi) is 3.38. The smallest absolute Gasteiger partial charge is 0.322 e. The molecule has 0 N–H and O–H groups in total. The Hall–Kier alpha value is -1.90. The molecule has 2 aromatic heterocycles. The molecule has 90 valence electrons. The molecule has 0 saturated heterocycles. The number of ether oxygens (including phenoxy) is 1. The van der Waals surface area contributed by atoms with Crippen molar-refractivity contribution in [1.29, 1.82) is 0 Å². The number of halogens is 3. The highest BCUT2D eigenvalue weighted by atomic mass is 35.5. The third-order valence-corrected chi connectivity index (χ3v) is 1.71. The van der Waals surface area contributed by atoms with Crippen LogP contribution >= 0.6 is 11.6 Å². The van der Waals surface area contributed by atoms with Crippen molar-refractivity contribution in [2.75, 3.05) is 6.61 Å². The highest BCUT2D eigenvalue weighted by Gasteiger charge is 2.10. The van der Waals surface area contributed by atoms with Crippen LogP contribution in [0, 0.1) is 0 Å². The second-order valence-electron chi connectivity index (χ2n) is 2.73. The summed E-state index contributed by atoms with van der Waals surface area (Å²) < 4.78 is 29.7. The van der Waals surface area contributed by atoms with E-state index in [4.69, 9.17) is 11.6 Å². The van der Waals surface area contributed by atoms with Gasteiger partial charge in [-0.3, -0.25) is 0 Å². The second-order valence-corrected chi connectivity index (χ2v) is 3.07. The minimum absolute atomic E-state index is 0.0340. The first kappa shape index (κ1) is 11.6. The number of nitrogens with zero attached hydrogens (tertiary/aromatic N) is 6. The quantitative estimate of drug-likeness (QED) is 0.809. The molecule has 0 fully saturated rings. The van der Waals surface area contributed by atoms with Gasteiger partial charge in [0.25, 0.3) is 12.4 Å². The van der Waals surface area contributed by atoms with E-state index in [0.29, 0.717) is 0 Å². The van der Waals surface area contributed by atoms with Crippen LogP contribution in [0.2, 0.25) is 5.28 Å². The van der Waals surface area contributed by atoms with E-state index in [1.165, 1.54) is 17.3 Å². The van der Waals surface area contributed by atoms with E-state index in [2.05, 4.69) is 29.8 Å². The van der Waals surface area contributed by atoms with Gasteiger partial charge >= 0.3 is 6.01 Å². The average molecular weight is 263 g/mol. The van der Waals surface area contributed by atoms with Crippen LogP contribution in [-0.4, -0.2) is 42.7 Å². The molecule has 0 unspecified atom stereocenters. The molecule has 0 radical (unpaired) electrons. The van der Waals surface area contributed by atoms with Gasteiger partial charge in [0.15, 0.2) is 6.61 Å². The predicted octanol–water partition coefficient (Wildman–Crippen LogP) is 0.750. The molecule has 0 amide bonds. The maximum atomic E-state index is 11.9. The van der Waals surface area contributed by atoms with Gasteiger partial charge in [-0.05, 0) is 11.6 Å². The first-order valence-electron chi connectivity index (χ1n) is 4.32.